The lowest BCUT2D eigenvalue weighted by Crippen LogP contribution is -1.97. The minimum atomic E-state index is -0.566. The topological polar surface area (TPSA) is 20.2 Å². The fraction of sp³-hybridized carbons (Fsp3) is 0.0667. The number of rotatable bonds is 2. The maximum atomic E-state index is 10.4. The minimum absolute atomic E-state index is 0.566. The molecule has 0 fully saturated rings. The van der Waals surface area contributed by atoms with Crippen molar-refractivity contribution >= 4 is 38.0 Å². The first-order chi connectivity index (χ1) is 8.75. The summed E-state index contributed by atoms with van der Waals surface area (Å²) in [6, 6.07) is 16.2. The molecular weight excluding hydrogens is 308 g/mol. The number of hydrogen-bond donors (Lipinski definition) is 1. The Morgan fingerprint density at radius 2 is 1.78 bits per heavy atom. The van der Waals surface area contributed by atoms with Crippen LogP contribution in [0.3, 0.4) is 0 Å². The van der Waals surface area contributed by atoms with Gasteiger partial charge in [-0.2, -0.15) is 0 Å². The molecule has 0 aliphatic heterocycles. The molecule has 3 heteroatoms. The van der Waals surface area contributed by atoms with E-state index in [1.54, 1.807) is 11.3 Å². The van der Waals surface area contributed by atoms with E-state index >= 15 is 0 Å². The summed E-state index contributed by atoms with van der Waals surface area (Å²) in [7, 11) is 0. The van der Waals surface area contributed by atoms with E-state index in [0.29, 0.717) is 0 Å². The Kier molecular flexibility index (Phi) is 3.20. The zero-order valence-electron chi connectivity index (χ0n) is 9.51. The maximum absolute atomic E-state index is 10.4. The second-order valence-electron chi connectivity index (χ2n) is 4.14. The van der Waals surface area contributed by atoms with E-state index in [4.69, 9.17) is 0 Å². The highest BCUT2D eigenvalue weighted by atomic mass is 79.9. The van der Waals surface area contributed by atoms with Crippen molar-refractivity contribution in [2.45, 2.75) is 6.10 Å². The molecule has 0 saturated heterocycles. The zero-order chi connectivity index (χ0) is 12.5. The van der Waals surface area contributed by atoms with E-state index in [-0.39, 0.29) is 0 Å². The summed E-state index contributed by atoms with van der Waals surface area (Å²) in [5.74, 6) is 0. The van der Waals surface area contributed by atoms with Crippen molar-refractivity contribution in [2.75, 3.05) is 0 Å². The average Bonchev–Trinajstić information content (AvgIpc) is 2.83. The Labute approximate surface area is 118 Å². The molecule has 1 atom stereocenters. The van der Waals surface area contributed by atoms with Crippen molar-refractivity contribution in [1.29, 1.82) is 0 Å². The lowest BCUT2D eigenvalue weighted by atomic mass is 10.0. The molecule has 1 heterocycles. The Hall–Kier alpha value is -1.16. The van der Waals surface area contributed by atoms with Crippen molar-refractivity contribution < 1.29 is 5.11 Å². The molecule has 0 saturated carbocycles. The Balaban J connectivity index is 2.07. The normalized spacial score (nSPS) is 12.8. The Bertz CT molecular complexity index is 690. The van der Waals surface area contributed by atoms with Gasteiger partial charge in [0.1, 0.15) is 6.10 Å². The van der Waals surface area contributed by atoms with Gasteiger partial charge in [-0.05, 0) is 49.8 Å². The molecular formula is C15H11BrOS. The summed E-state index contributed by atoms with van der Waals surface area (Å²) in [6.07, 6.45) is -0.566. The second-order valence-corrected chi connectivity index (χ2v) is 5.94. The lowest BCUT2D eigenvalue weighted by Gasteiger charge is -2.11. The van der Waals surface area contributed by atoms with Gasteiger partial charge in [0.25, 0.3) is 0 Å². The molecule has 0 spiro atoms. The van der Waals surface area contributed by atoms with Crippen molar-refractivity contribution in [2.24, 2.45) is 0 Å². The number of halogens is 1. The van der Waals surface area contributed by atoms with Gasteiger partial charge >= 0.3 is 0 Å². The van der Waals surface area contributed by atoms with E-state index in [0.717, 1.165) is 20.3 Å². The number of benzene rings is 2. The third-order valence-corrected chi connectivity index (χ3v) is 4.91. The van der Waals surface area contributed by atoms with Gasteiger partial charge in [-0.15, -0.1) is 11.3 Å². The summed E-state index contributed by atoms with van der Waals surface area (Å²) in [4.78, 5) is 0.949. The quantitative estimate of drug-likeness (QED) is 0.723. The van der Waals surface area contributed by atoms with Crippen LogP contribution in [0.2, 0.25) is 0 Å². The predicted molar refractivity (Wildman–Crippen MR) is 80.0 cm³/mol. The van der Waals surface area contributed by atoms with Crippen LogP contribution in [-0.2, 0) is 0 Å². The largest absolute Gasteiger partial charge is 0.383 e. The van der Waals surface area contributed by atoms with Crippen molar-refractivity contribution in [3.8, 4) is 0 Å². The van der Waals surface area contributed by atoms with E-state index in [1.807, 2.05) is 35.7 Å². The third-order valence-electron chi connectivity index (χ3n) is 2.98. The monoisotopic (exact) mass is 318 g/mol. The van der Waals surface area contributed by atoms with Crippen LogP contribution in [0.5, 0.6) is 0 Å². The van der Waals surface area contributed by atoms with E-state index in [9.17, 15) is 5.11 Å². The fourth-order valence-electron chi connectivity index (χ4n) is 2.03. The van der Waals surface area contributed by atoms with Gasteiger partial charge in [0, 0.05) is 4.47 Å². The molecule has 3 rings (SSSR count). The molecule has 0 aliphatic rings. The number of fused-ring (bicyclic) bond motifs is 1. The molecule has 1 N–H and O–H groups in total. The molecule has 1 aromatic heterocycles. The smallest absolute Gasteiger partial charge is 0.114 e. The molecule has 18 heavy (non-hydrogen) atoms. The Morgan fingerprint density at radius 1 is 1.00 bits per heavy atom. The van der Waals surface area contributed by atoms with Gasteiger partial charge in [0.15, 0.2) is 0 Å². The van der Waals surface area contributed by atoms with E-state index in [2.05, 4.69) is 34.1 Å². The van der Waals surface area contributed by atoms with Gasteiger partial charge in [0.05, 0.1) is 4.88 Å². The molecule has 2 aromatic carbocycles. The maximum Gasteiger partial charge on any atom is 0.114 e. The van der Waals surface area contributed by atoms with Gasteiger partial charge < -0.3 is 5.11 Å². The number of hydrogen-bond acceptors (Lipinski definition) is 2. The first-order valence-electron chi connectivity index (χ1n) is 5.65. The van der Waals surface area contributed by atoms with Crippen LogP contribution in [0, 0.1) is 0 Å². The number of thiophene rings is 1. The summed E-state index contributed by atoms with van der Waals surface area (Å²) < 4.78 is 0.966. The fourth-order valence-corrected chi connectivity index (χ4v) is 3.63. The van der Waals surface area contributed by atoms with E-state index < -0.39 is 6.10 Å². The molecule has 0 bridgehead atoms. The van der Waals surface area contributed by atoms with Crippen LogP contribution in [-0.4, -0.2) is 5.11 Å². The molecule has 0 radical (unpaired) electrons. The van der Waals surface area contributed by atoms with Crippen LogP contribution < -0.4 is 0 Å². The number of aliphatic hydroxyl groups is 1. The first kappa shape index (κ1) is 11.9. The van der Waals surface area contributed by atoms with E-state index in [1.165, 1.54) is 5.39 Å². The van der Waals surface area contributed by atoms with Gasteiger partial charge in [-0.1, -0.05) is 36.4 Å². The minimum Gasteiger partial charge on any atom is -0.383 e. The van der Waals surface area contributed by atoms with Crippen molar-refractivity contribution in [3.63, 3.8) is 0 Å². The summed E-state index contributed by atoms with van der Waals surface area (Å²) >= 11 is 5.03. The average molecular weight is 319 g/mol. The summed E-state index contributed by atoms with van der Waals surface area (Å²) in [5.41, 5.74) is 0.928. The number of aliphatic hydroxyl groups excluding tert-OH is 1. The third kappa shape index (κ3) is 2.09. The molecule has 3 aromatic rings. The second kappa shape index (κ2) is 4.84. The molecule has 90 valence electrons. The lowest BCUT2D eigenvalue weighted by molar-refractivity contribution is 0.223. The van der Waals surface area contributed by atoms with Crippen LogP contribution in [0.25, 0.3) is 10.8 Å². The first-order valence-corrected chi connectivity index (χ1v) is 7.32. The van der Waals surface area contributed by atoms with Crippen LogP contribution in [0.4, 0.5) is 0 Å². The highest BCUT2D eigenvalue weighted by Gasteiger charge is 2.15. The summed E-state index contributed by atoms with van der Waals surface area (Å²) in [6.45, 7) is 0. The van der Waals surface area contributed by atoms with Gasteiger partial charge in [-0.25, -0.2) is 0 Å². The van der Waals surface area contributed by atoms with Crippen molar-refractivity contribution in [3.05, 3.63) is 68.8 Å². The van der Waals surface area contributed by atoms with Crippen LogP contribution in [0.1, 0.15) is 16.5 Å². The Morgan fingerprint density at radius 3 is 2.50 bits per heavy atom. The summed E-state index contributed by atoms with van der Waals surface area (Å²) in [5, 5.41) is 14.7. The molecule has 0 amide bonds. The van der Waals surface area contributed by atoms with Crippen molar-refractivity contribution in [1.82, 2.24) is 0 Å². The van der Waals surface area contributed by atoms with Gasteiger partial charge in [0.2, 0.25) is 0 Å². The highest BCUT2D eigenvalue weighted by Crippen LogP contribution is 2.33. The molecule has 0 aliphatic carbocycles. The SMILES string of the molecule is OC(c1ccc2ccccc2c1)c1sccc1Br. The van der Waals surface area contributed by atoms with Crippen LogP contribution in [0.15, 0.2) is 58.4 Å². The van der Waals surface area contributed by atoms with Crippen LogP contribution >= 0.6 is 27.3 Å². The molecule has 1 nitrogen and oxygen atoms in total. The highest BCUT2D eigenvalue weighted by molar-refractivity contribution is 9.10. The zero-order valence-corrected chi connectivity index (χ0v) is 11.9. The predicted octanol–water partition coefficient (Wildman–Crippen LogP) is 4.75. The molecule has 1 unspecified atom stereocenters. The van der Waals surface area contributed by atoms with Gasteiger partial charge in [-0.3, -0.25) is 0 Å². The standard InChI is InChI=1S/C15H11BrOS/c16-13-7-8-18-15(13)14(17)12-6-5-10-3-1-2-4-11(10)9-12/h1-9,14,17H.